The first-order valence-electron chi connectivity index (χ1n) is 14.9. The van der Waals surface area contributed by atoms with E-state index >= 15 is 0 Å². The van der Waals surface area contributed by atoms with E-state index < -0.39 is 17.8 Å². The molecule has 2 amide bonds. The standard InChI is InChI=1S/C33H37F3N6O2/c1-23(2)21-39-14-9-15-41(31(43)19-25-10-5-4-6-11-25)28-13-8-7-12-26(28)22-40(17-16-39)32(44)27-20-30-37-24(3)18-29(33(34,35)36)42(30)38-27/h4-8,10-13,18,20,23H,9,14-17,19,21-22H2,1-3H3. The molecule has 11 heteroatoms. The number of rotatable bonds is 5. The minimum absolute atomic E-state index is 0.0435. The molecule has 1 aliphatic heterocycles. The zero-order valence-electron chi connectivity index (χ0n) is 25.2. The summed E-state index contributed by atoms with van der Waals surface area (Å²) in [6.07, 6.45) is -3.69. The van der Waals surface area contributed by atoms with Gasteiger partial charge in [0, 0.05) is 50.2 Å². The largest absolute Gasteiger partial charge is 0.433 e. The summed E-state index contributed by atoms with van der Waals surface area (Å²) < 4.78 is 42.1. The molecule has 0 bridgehead atoms. The van der Waals surface area contributed by atoms with Crippen molar-refractivity contribution in [1.29, 1.82) is 0 Å². The lowest BCUT2D eigenvalue weighted by molar-refractivity contribution is -0.142. The van der Waals surface area contributed by atoms with Gasteiger partial charge in [-0.2, -0.15) is 18.3 Å². The molecule has 4 aromatic rings. The van der Waals surface area contributed by atoms with Crippen molar-refractivity contribution in [3.05, 3.63) is 94.9 Å². The van der Waals surface area contributed by atoms with Gasteiger partial charge in [-0.15, -0.1) is 0 Å². The molecule has 0 radical (unpaired) electrons. The van der Waals surface area contributed by atoms with Crippen molar-refractivity contribution < 1.29 is 22.8 Å². The lowest BCUT2D eigenvalue weighted by atomic mass is 10.1. The maximum Gasteiger partial charge on any atom is 0.433 e. The average molecular weight is 607 g/mol. The van der Waals surface area contributed by atoms with Crippen LogP contribution in [0.15, 0.2) is 66.7 Å². The lowest BCUT2D eigenvalue weighted by Gasteiger charge is -2.28. The summed E-state index contributed by atoms with van der Waals surface area (Å²) in [6.45, 7) is 8.85. The number of alkyl halides is 3. The van der Waals surface area contributed by atoms with Gasteiger partial charge in [-0.05, 0) is 49.1 Å². The third kappa shape index (κ3) is 7.27. The maximum absolute atomic E-state index is 14.0. The number of amides is 2. The normalized spacial score (nSPS) is 15.3. The van der Waals surface area contributed by atoms with Crippen LogP contribution in [0, 0.1) is 12.8 Å². The van der Waals surface area contributed by atoms with E-state index in [1.807, 2.05) is 54.6 Å². The monoisotopic (exact) mass is 606 g/mol. The lowest BCUT2D eigenvalue weighted by Crippen LogP contribution is -2.40. The van der Waals surface area contributed by atoms with E-state index in [9.17, 15) is 22.8 Å². The molecular formula is C33H37F3N6O2. The predicted molar refractivity (Wildman–Crippen MR) is 162 cm³/mol. The molecule has 0 saturated heterocycles. The number of aromatic nitrogens is 3. The topological polar surface area (TPSA) is 74.1 Å². The van der Waals surface area contributed by atoms with Gasteiger partial charge in [-0.3, -0.25) is 9.59 Å². The Bertz CT molecular complexity index is 1620. The third-order valence-corrected chi connectivity index (χ3v) is 7.66. The summed E-state index contributed by atoms with van der Waals surface area (Å²) in [7, 11) is 0. The van der Waals surface area contributed by atoms with Gasteiger partial charge >= 0.3 is 6.18 Å². The molecule has 8 nitrogen and oxygen atoms in total. The number of anilines is 1. The molecule has 2 aromatic carbocycles. The molecule has 2 aromatic heterocycles. The second-order valence-corrected chi connectivity index (χ2v) is 11.7. The van der Waals surface area contributed by atoms with Crippen LogP contribution in [0.5, 0.6) is 0 Å². The predicted octanol–water partition coefficient (Wildman–Crippen LogP) is 5.64. The van der Waals surface area contributed by atoms with Crippen molar-refractivity contribution >= 4 is 23.1 Å². The fourth-order valence-electron chi connectivity index (χ4n) is 5.71. The Hall–Kier alpha value is -4.25. The van der Waals surface area contributed by atoms with Crippen LogP contribution in [0.2, 0.25) is 0 Å². The van der Waals surface area contributed by atoms with Crippen molar-refractivity contribution in [2.24, 2.45) is 5.92 Å². The molecule has 0 N–H and O–H groups in total. The van der Waals surface area contributed by atoms with Crippen LogP contribution in [0.3, 0.4) is 0 Å². The maximum atomic E-state index is 14.0. The van der Waals surface area contributed by atoms with Gasteiger partial charge in [0.2, 0.25) is 5.91 Å². The van der Waals surface area contributed by atoms with Gasteiger partial charge in [0.25, 0.3) is 5.91 Å². The summed E-state index contributed by atoms with van der Waals surface area (Å²) >= 11 is 0. The number of carbonyl (C=O) groups excluding carboxylic acids is 2. The van der Waals surface area contributed by atoms with E-state index in [4.69, 9.17) is 0 Å². The Labute approximate surface area is 255 Å². The Balaban J connectivity index is 1.52. The van der Waals surface area contributed by atoms with Crippen LogP contribution >= 0.6 is 0 Å². The zero-order chi connectivity index (χ0) is 31.4. The Morgan fingerprint density at radius 2 is 1.66 bits per heavy atom. The van der Waals surface area contributed by atoms with Crippen molar-refractivity contribution in [3.63, 3.8) is 0 Å². The number of nitrogens with zero attached hydrogens (tertiary/aromatic N) is 6. The van der Waals surface area contributed by atoms with E-state index in [2.05, 4.69) is 28.8 Å². The number of carbonyl (C=O) groups is 2. The van der Waals surface area contributed by atoms with Gasteiger partial charge in [-0.1, -0.05) is 62.4 Å². The molecule has 5 rings (SSSR count). The van der Waals surface area contributed by atoms with Gasteiger partial charge in [0.1, 0.15) is 5.69 Å². The molecule has 232 valence electrons. The minimum atomic E-state index is -4.67. The number of benzene rings is 2. The van der Waals surface area contributed by atoms with E-state index in [0.717, 1.165) is 42.4 Å². The van der Waals surface area contributed by atoms with Crippen LogP contribution in [0.4, 0.5) is 18.9 Å². The quantitative estimate of drug-likeness (QED) is 0.294. The summed E-state index contributed by atoms with van der Waals surface area (Å²) in [6, 6.07) is 19.3. The number of para-hydroxylation sites is 1. The van der Waals surface area contributed by atoms with Gasteiger partial charge < -0.3 is 14.7 Å². The molecule has 0 saturated carbocycles. The van der Waals surface area contributed by atoms with Crippen LogP contribution in [-0.4, -0.2) is 68.9 Å². The fraction of sp³-hybridized carbons (Fsp3) is 0.394. The summed E-state index contributed by atoms with van der Waals surface area (Å²) in [5.41, 5.74) is 1.43. The first-order chi connectivity index (χ1) is 21.0. The molecule has 3 heterocycles. The number of hydrogen-bond acceptors (Lipinski definition) is 5. The zero-order valence-corrected chi connectivity index (χ0v) is 25.2. The smallest absolute Gasteiger partial charge is 0.332 e. The summed E-state index contributed by atoms with van der Waals surface area (Å²) in [5.74, 6) is -0.162. The molecule has 0 spiro atoms. The van der Waals surface area contributed by atoms with Crippen molar-refractivity contribution in [1.82, 2.24) is 24.4 Å². The molecule has 0 atom stereocenters. The Kier molecular flexibility index (Phi) is 9.33. The van der Waals surface area contributed by atoms with E-state index in [-0.39, 0.29) is 35.9 Å². The Morgan fingerprint density at radius 1 is 0.932 bits per heavy atom. The second-order valence-electron chi connectivity index (χ2n) is 11.7. The average Bonchev–Trinajstić information content (AvgIpc) is 3.39. The van der Waals surface area contributed by atoms with Gasteiger partial charge in [0.05, 0.1) is 6.42 Å². The highest BCUT2D eigenvalue weighted by Crippen LogP contribution is 2.30. The van der Waals surface area contributed by atoms with Crippen LogP contribution in [-0.2, 0) is 23.9 Å². The van der Waals surface area contributed by atoms with Crippen LogP contribution < -0.4 is 4.90 Å². The second kappa shape index (κ2) is 13.2. The molecule has 0 unspecified atom stereocenters. The minimum Gasteiger partial charge on any atom is -0.332 e. The number of halogens is 3. The summed E-state index contributed by atoms with van der Waals surface area (Å²) in [5, 5.41) is 4.09. The molecule has 0 fully saturated rings. The highest BCUT2D eigenvalue weighted by Gasteiger charge is 2.35. The molecule has 44 heavy (non-hydrogen) atoms. The van der Waals surface area contributed by atoms with E-state index in [1.54, 1.807) is 9.80 Å². The first kappa shape index (κ1) is 31.2. The number of fused-ring (bicyclic) bond motifs is 2. The van der Waals surface area contributed by atoms with Gasteiger partial charge in [-0.25, -0.2) is 9.50 Å². The highest BCUT2D eigenvalue weighted by atomic mass is 19.4. The molecule has 0 aliphatic carbocycles. The van der Waals surface area contributed by atoms with Crippen LogP contribution in [0.1, 0.15) is 53.3 Å². The van der Waals surface area contributed by atoms with E-state index in [0.29, 0.717) is 30.1 Å². The van der Waals surface area contributed by atoms with Gasteiger partial charge in [0.15, 0.2) is 11.3 Å². The Morgan fingerprint density at radius 3 is 2.39 bits per heavy atom. The number of aryl methyl sites for hydroxylation is 1. The van der Waals surface area contributed by atoms with Crippen molar-refractivity contribution in [2.75, 3.05) is 37.6 Å². The molecular weight excluding hydrogens is 569 g/mol. The highest BCUT2D eigenvalue weighted by molar-refractivity contribution is 5.96. The number of hydrogen-bond donors (Lipinski definition) is 0. The van der Waals surface area contributed by atoms with Crippen LogP contribution in [0.25, 0.3) is 5.65 Å². The van der Waals surface area contributed by atoms with Crippen molar-refractivity contribution in [2.45, 2.75) is 46.3 Å². The van der Waals surface area contributed by atoms with E-state index in [1.165, 1.54) is 13.0 Å². The SMILES string of the molecule is Cc1cc(C(F)(F)F)n2nc(C(=O)N3CCN(CC(C)C)CCCN(C(=O)Cc4ccccc4)c4ccccc4C3)cc2n1. The molecule has 1 aliphatic rings. The summed E-state index contributed by atoms with van der Waals surface area (Å²) in [4.78, 5) is 37.6. The first-order valence-corrected chi connectivity index (χ1v) is 14.9. The fourth-order valence-corrected chi connectivity index (χ4v) is 5.71. The van der Waals surface area contributed by atoms with Crippen molar-refractivity contribution in [3.8, 4) is 0 Å². The third-order valence-electron chi connectivity index (χ3n) is 7.66.